The van der Waals surface area contributed by atoms with Crippen molar-refractivity contribution >= 4 is 11.8 Å². The van der Waals surface area contributed by atoms with Crippen LogP contribution in [-0.2, 0) is 22.6 Å². The number of aryl methyl sites for hydroxylation is 1. The third-order valence-electron chi connectivity index (χ3n) is 5.56. The molecule has 0 spiro atoms. The van der Waals surface area contributed by atoms with Crippen LogP contribution in [0.25, 0.3) is 0 Å². The number of amides is 2. The van der Waals surface area contributed by atoms with Gasteiger partial charge in [-0.25, -0.2) is 0 Å². The van der Waals surface area contributed by atoms with Crippen molar-refractivity contribution in [1.82, 2.24) is 10.6 Å². The Morgan fingerprint density at radius 2 is 1.61 bits per heavy atom. The molecule has 1 aliphatic rings. The lowest BCUT2D eigenvalue weighted by Gasteiger charge is -2.28. The lowest BCUT2D eigenvalue weighted by molar-refractivity contribution is -0.126. The van der Waals surface area contributed by atoms with Crippen molar-refractivity contribution in [3.8, 4) is 0 Å². The van der Waals surface area contributed by atoms with Gasteiger partial charge in [-0.2, -0.15) is 0 Å². The predicted octanol–water partition coefficient (Wildman–Crippen LogP) is 3.78. The Morgan fingerprint density at radius 1 is 0.893 bits per heavy atom. The van der Waals surface area contributed by atoms with Crippen molar-refractivity contribution in [3.63, 3.8) is 0 Å². The molecule has 2 amide bonds. The van der Waals surface area contributed by atoms with Crippen LogP contribution >= 0.6 is 0 Å². The molecule has 0 radical (unpaired) electrons. The number of benzene rings is 2. The van der Waals surface area contributed by atoms with Gasteiger partial charge in [-0.05, 0) is 49.7 Å². The minimum Gasteiger partial charge on any atom is -0.356 e. The summed E-state index contributed by atoms with van der Waals surface area (Å²) in [7, 11) is 0. The number of rotatable bonds is 7. The highest BCUT2D eigenvalue weighted by Gasteiger charge is 2.26. The van der Waals surface area contributed by atoms with Crippen molar-refractivity contribution in [2.75, 3.05) is 6.54 Å². The van der Waals surface area contributed by atoms with Gasteiger partial charge in [-0.3, -0.25) is 9.59 Å². The van der Waals surface area contributed by atoms with Crippen LogP contribution in [0.1, 0.15) is 42.4 Å². The zero-order valence-corrected chi connectivity index (χ0v) is 16.6. The average Bonchev–Trinajstić information content (AvgIpc) is 2.72. The van der Waals surface area contributed by atoms with Crippen LogP contribution in [-0.4, -0.2) is 18.4 Å². The van der Waals surface area contributed by atoms with Gasteiger partial charge in [-0.1, -0.05) is 60.2 Å². The van der Waals surface area contributed by atoms with Gasteiger partial charge in [0.05, 0.1) is 6.42 Å². The first kappa shape index (κ1) is 20.1. The van der Waals surface area contributed by atoms with Gasteiger partial charge < -0.3 is 10.6 Å². The second kappa shape index (κ2) is 10.1. The van der Waals surface area contributed by atoms with E-state index in [0.717, 1.165) is 36.8 Å². The summed E-state index contributed by atoms with van der Waals surface area (Å²) in [6.45, 7) is 3.37. The summed E-state index contributed by atoms with van der Waals surface area (Å²) < 4.78 is 0. The molecule has 0 aliphatic heterocycles. The largest absolute Gasteiger partial charge is 0.356 e. The first-order valence-electron chi connectivity index (χ1n) is 10.2. The molecule has 0 atom stereocenters. The topological polar surface area (TPSA) is 58.2 Å². The molecule has 4 heteroatoms. The van der Waals surface area contributed by atoms with Crippen LogP contribution in [0.2, 0.25) is 0 Å². The second-order valence-corrected chi connectivity index (χ2v) is 7.89. The molecule has 1 fully saturated rings. The molecule has 4 nitrogen and oxygen atoms in total. The Morgan fingerprint density at radius 3 is 2.32 bits per heavy atom. The number of hydrogen-bond donors (Lipinski definition) is 2. The number of nitrogens with one attached hydrogen (secondary N) is 2. The Bertz CT molecular complexity index is 780. The van der Waals surface area contributed by atoms with Crippen molar-refractivity contribution in [3.05, 3.63) is 71.3 Å². The van der Waals surface area contributed by atoms with E-state index in [1.165, 1.54) is 5.56 Å². The van der Waals surface area contributed by atoms with E-state index in [2.05, 4.69) is 29.7 Å². The zero-order chi connectivity index (χ0) is 19.8. The molecule has 28 heavy (non-hydrogen) atoms. The van der Waals surface area contributed by atoms with E-state index in [1.807, 2.05) is 42.5 Å². The maximum Gasteiger partial charge on any atom is 0.224 e. The molecule has 0 saturated heterocycles. The molecule has 148 valence electrons. The smallest absolute Gasteiger partial charge is 0.224 e. The molecule has 2 aromatic rings. The Hall–Kier alpha value is -2.62. The Balaban J connectivity index is 1.34. The minimum atomic E-state index is 0.0734. The normalized spacial score (nSPS) is 19.0. The summed E-state index contributed by atoms with van der Waals surface area (Å²) in [6.07, 6.45) is 4.22. The van der Waals surface area contributed by atoms with E-state index in [4.69, 9.17) is 0 Å². The highest BCUT2D eigenvalue weighted by atomic mass is 16.2. The molecule has 0 unspecified atom stereocenters. The van der Waals surface area contributed by atoms with E-state index in [0.29, 0.717) is 25.4 Å². The maximum absolute atomic E-state index is 12.5. The molecule has 0 bridgehead atoms. The fraction of sp³-hybridized carbons (Fsp3) is 0.417. The summed E-state index contributed by atoms with van der Waals surface area (Å²) in [5.74, 6) is 0.805. The molecule has 3 rings (SSSR count). The van der Waals surface area contributed by atoms with E-state index in [1.54, 1.807) is 0 Å². The molecule has 1 aliphatic carbocycles. The number of hydrogen-bond acceptors (Lipinski definition) is 2. The average molecular weight is 379 g/mol. The highest BCUT2D eigenvalue weighted by Crippen LogP contribution is 2.28. The maximum atomic E-state index is 12.5. The lowest BCUT2D eigenvalue weighted by atomic mass is 9.81. The molecule has 2 aromatic carbocycles. The summed E-state index contributed by atoms with van der Waals surface area (Å²) in [4.78, 5) is 24.5. The molecular weight excluding hydrogens is 348 g/mol. The molecular formula is C24H30N2O2. The lowest BCUT2D eigenvalue weighted by Crippen LogP contribution is -2.36. The quantitative estimate of drug-likeness (QED) is 0.770. The van der Waals surface area contributed by atoms with E-state index >= 15 is 0 Å². The van der Waals surface area contributed by atoms with Crippen molar-refractivity contribution in [2.24, 2.45) is 11.8 Å². The van der Waals surface area contributed by atoms with Crippen molar-refractivity contribution < 1.29 is 9.59 Å². The number of carbonyl (C=O) groups is 2. The first-order chi connectivity index (χ1) is 13.6. The van der Waals surface area contributed by atoms with Crippen molar-refractivity contribution in [2.45, 2.75) is 45.6 Å². The van der Waals surface area contributed by atoms with E-state index in [-0.39, 0.29) is 17.7 Å². The van der Waals surface area contributed by atoms with Crippen LogP contribution in [0.15, 0.2) is 54.6 Å². The minimum absolute atomic E-state index is 0.0734. The number of carbonyl (C=O) groups excluding carboxylic acids is 2. The molecule has 1 saturated carbocycles. The monoisotopic (exact) mass is 378 g/mol. The van der Waals surface area contributed by atoms with Crippen molar-refractivity contribution in [1.29, 1.82) is 0 Å². The predicted molar refractivity (Wildman–Crippen MR) is 112 cm³/mol. The van der Waals surface area contributed by atoms with Gasteiger partial charge in [0, 0.05) is 19.0 Å². The van der Waals surface area contributed by atoms with Gasteiger partial charge >= 0.3 is 0 Å². The second-order valence-electron chi connectivity index (χ2n) is 7.89. The standard InChI is InChI=1S/C24H30N2O2/c1-18-6-5-9-21(14-18)17-26-24(28)22-12-10-20(11-13-22)16-25-23(27)15-19-7-3-2-4-8-19/h2-9,14,20,22H,10-13,15-17H2,1H3,(H,25,27)(H,26,28). The van der Waals surface area contributed by atoms with Gasteiger partial charge in [-0.15, -0.1) is 0 Å². The van der Waals surface area contributed by atoms with Crippen LogP contribution in [0.5, 0.6) is 0 Å². The third kappa shape index (κ3) is 6.22. The Labute approximate surface area is 167 Å². The van der Waals surface area contributed by atoms with Gasteiger partial charge in [0.2, 0.25) is 11.8 Å². The van der Waals surface area contributed by atoms with E-state index < -0.39 is 0 Å². The third-order valence-corrected chi connectivity index (χ3v) is 5.56. The first-order valence-corrected chi connectivity index (χ1v) is 10.2. The summed E-state index contributed by atoms with van der Waals surface area (Å²) >= 11 is 0. The SMILES string of the molecule is Cc1cccc(CNC(=O)C2CCC(CNC(=O)Cc3ccccc3)CC2)c1. The zero-order valence-electron chi connectivity index (χ0n) is 16.6. The fourth-order valence-electron chi connectivity index (χ4n) is 3.89. The van der Waals surface area contributed by atoms with Gasteiger partial charge in [0.1, 0.15) is 0 Å². The van der Waals surface area contributed by atoms with Crippen LogP contribution in [0.4, 0.5) is 0 Å². The van der Waals surface area contributed by atoms with Crippen LogP contribution in [0.3, 0.4) is 0 Å². The van der Waals surface area contributed by atoms with E-state index in [9.17, 15) is 9.59 Å². The Kier molecular flexibility index (Phi) is 7.24. The van der Waals surface area contributed by atoms with Gasteiger partial charge in [0.15, 0.2) is 0 Å². The summed E-state index contributed by atoms with van der Waals surface area (Å²) in [5, 5.41) is 6.14. The summed E-state index contributed by atoms with van der Waals surface area (Å²) in [6, 6.07) is 18.0. The molecule has 0 aromatic heterocycles. The highest BCUT2D eigenvalue weighted by molar-refractivity contribution is 5.79. The van der Waals surface area contributed by atoms with Gasteiger partial charge in [0.25, 0.3) is 0 Å². The molecule has 0 heterocycles. The fourth-order valence-corrected chi connectivity index (χ4v) is 3.89. The van der Waals surface area contributed by atoms with Crippen LogP contribution in [0, 0.1) is 18.8 Å². The summed E-state index contributed by atoms with van der Waals surface area (Å²) in [5.41, 5.74) is 3.39. The molecule has 2 N–H and O–H groups in total. The van der Waals surface area contributed by atoms with Crippen LogP contribution < -0.4 is 10.6 Å².